The van der Waals surface area contributed by atoms with E-state index in [1.54, 1.807) is 12.1 Å². The van der Waals surface area contributed by atoms with Gasteiger partial charge in [0.05, 0.1) is 0 Å². The predicted octanol–water partition coefficient (Wildman–Crippen LogP) is 4.38. The minimum Gasteiger partial charge on any atom is -0.508 e. The highest BCUT2D eigenvalue weighted by molar-refractivity contribution is 5.25. The molecule has 1 aromatic carbocycles. The molecule has 1 fully saturated rings. The van der Waals surface area contributed by atoms with Gasteiger partial charge in [-0.05, 0) is 80.1 Å². The molecule has 0 heterocycles. The van der Waals surface area contributed by atoms with Crippen LogP contribution in [0.15, 0.2) is 24.3 Å². The zero-order chi connectivity index (χ0) is 15.3. The number of benzene rings is 1. The maximum absolute atomic E-state index is 9.26. The van der Waals surface area contributed by atoms with Crippen LogP contribution in [0.4, 0.5) is 0 Å². The molecular formula is C19H31NO. The first-order valence-electron chi connectivity index (χ1n) is 8.44. The summed E-state index contributed by atoms with van der Waals surface area (Å²) in [7, 11) is 0. The van der Waals surface area contributed by atoms with E-state index in [1.807, 2.05) is 12.1 Å². The minimum absolute atomic E-state index is 0.349. The molecule has 118 valence electrons. The zero-order valence-corrected chi connectivity index (χ0v) is 13.9. The highest BCUT2D eigenvalue weighted by Gasteiger charge is 2.29. The predicted molar refractivity (Wildman–Crippen MR) is 89.6 cm³/mol. The molecule has 0 unspecified atom stereocenters. The Morgan fingerprint density at radius 1 is 1.05 bits per heavy atom. The van der Waals surface area contributed by atoms with Crippen LogP contribution in [0.1, 0.15) is 52.0 Å². The number of nitrogens with one attached hydrogen (secondary N) is 1. The first-order valence-corrected chi connectivity index (χ1v) is 8.44. The minimum atomic E-state index is 0.349. The smallest absolute Gasteiger partial charge is 0.115 e. The van der Waals surface area contributed by atoms with Crippen LogP contribution in [0.5, 0.6) is 5.75 Å². The van der Waals surface area contributed by atoms with Gasteiger partial charge in [0.25, 0.3) is 0 Å². The molecule has 0 aromatic heterocycles. The number of phenols is 1. The van der Waals surface area contributed by atoms with Gasteiger partial charge in [0.1, 0.15) is 5.75 Å². The maximum atomic E-state index is 9.26. The van der Waals surface area contributed by atoms with E-state index in [2.05, 4.69) is 26.1 Å². The van der Waals surface area contributed by atoms with Gasteiger partial charge < -0.3 is 10.4 Å². The van der Waals surface area contributed by atoms with Crippen molar-refractivity contribution in [3.05, 3.63) is 29.8 Å². The molecule has 1 aliphatic carbocycles. The molecule has 0 bridgehead atoms. The van der Waals surface area contributed by atoms with E-state index in [9.17, 15) is 5.11 Å². The van der Waals surface area contributed by atoms with E-state index < -0.39 is 0 Å². The second-order valence-electron chi connectivity index (χ2n) is 7.70. The Morgan fingerprint density at radius 3 is 2.24 bits per heavy atom. The Labute approximate surface area is 130 Å². The zero-order valence-electron chi connectivity index (χ0n) is 13.9. The number of hydrogen-bond donors (Lipinski definition) is 2. The highest BCUT2D eigenvalue weighted by Crippen LogP contribution is 2.39. The van der Waals surface area contributed by atoms with Crippen LogP contribution in [0.3, 0.4) is 0 Å². The third-order valence-electron chi connectivity index (χ3n) is 5.03. The van der Waals surface area contributed by atoms with Gasteiger partial charge in [-0.2, -0.15) is 0 Å². The standard InChI is InChI=1S/C19H31NO/c1-19(2,3)17-8-4-16(5-9-17)14-20-13-12-15-6-10-18(21)11-7-15/h6-7,10-11,16-17,20-21H,4-5,8-9,12-14H2,1-3H3. The Bertz CT molecular complexity index is 410. The summed E-state index contributed by atoms with van der Waals surface area (Å²) in [6, 6.07) is 7.54. The normalized spacial score (nSPS) is 23.2. The van der Waals surface area contributed by atoms with Crippen molar-refractivity contribution < 1.29 is 5.11 Å². The summed E-state index contributed by atoms with van der Waals surface area (Å²) in [6.07, 6.45) is 6.60. The Morgan fingerprint density at radius 2 is 1.67 bits per heavy atom. The van der Waals surface area contributed by atoms with Gasteiger partial charge >= 0.3 is 0 Å². The molecule has 1 aliphatic rings. The summed E-state index contributed by atoms with van der Waals surface area (Å²) in [6.45, 7) is 9.34. The fraction of sp³-hybridized carbons (Fsp3) is 0.684. The van der Waals surface area contributed by atoms with Crippen molar-refractivity contribution in [1.82, 2.24) is 5.32 Å². The Balaban J connectivity index is 1.61. The third kappa shape index (κ3) is 5.35. The highest BCUT2D eigenvalue weighted by atomic mass is 16.3. The maximum Gasteiger partial charge on any atom is 0.115 e. The van der Waals surface area contributed by atoms with Crippen LogP contribution in [0, 0.1) is 17.3 Å². The SMILES string of the molecule is CC(C)(C)C1CCC(CNCCc2ccc(O)cc2)CC1. The molecule has 0 spiro atoms. The Kier molecular flexibility index (Phi) is 5.69. The van der Waals surface area contributed by atoms with E-state index in [4.69, 9.17) is 0 Å². The molecule has 0 saturated heterocycles. The first kappa shape index (κ1) is 16.4. The molecular weight excluding hydrogens is 258 g/mol. The fourth-order valence-corrected chi connectivity index (χ4v) is 3.43. The lowest BCUT2D eigenvalue weighted by Gasteiger charge is -2.37. The summed E-state index contributed by atoms with van der Waals surface area (Å²) in [5, 5.41) is 12.9. The van der Waals surface area contributed by atoms with Gasteiger partial charge in [0.15, 0.2) is 0 Å². The van der Waals surface area contributed by atoms with Crippen molar-refractivity contribution in [1.29, 1.82) is 0 Å². The molecule has 1 saturated carbocycles. The molecule has 2 N–H and O–H groups in total. The topological polar surface area (TPSA) is 32.3 Å². The number of phenolic OH excluding ortho intramolecular Hbond substituents is 1. The van der Waals surface area contributed by atoms with E-state index in [0.29, 0.717) is 11.2 Å². The molecule has 2 rings (SSSR count). The van der Waals surface area contributed by atoms with Gasteiger partial charge in [0, 0.05) is 0 Å². The quantitative estimate of drug-likeness (QED) is 0.789. The van der Waals surface area contributed by atoms with Crippen LogP contribution >= 0.6 is 0 Å². The van der Waals surface area contributed by atoms with Crippen molar-refractivity contribution in [3.63, 3.8) is 0 Å². The average Bonchev–Trinajstić information content (AvgIpc) is 2.45. The lowest BCUT2D eigenvalue weighted by Crippen LogP contribution is -2.31. The summed E-state index contributed by atoms with van der Waals surface area (Å²) in [4.78, 5) is 0. The van der Waals surface area contributed by atoms with E-state index in [1.165, 1.54) is 31.2 Å². The summed E-state index contributed by atoms with van der Waals surface area (Å²) in [5.41, 5.74) is 1.77. The van der Waals surface area contributed by atoms with Crippen LogP contribution in [0.25, 0.3) is 0 Å². The number of rotatable bonds is 5. The third-order valence-corrected chi connectivity index (χ3v) is 5.03. The first-order chi connectivity index (χ1) is 9.95. The molecule has 1 aromatic rings. The molecule has 2 nitrogen and oxygen atoms in total. The van der Waals surface area contributed by atoms with Crippen molar-refractivity contribution in [2.24, 2.45) is 17.3 Å². The van der Waals surface area contributed by atoms with Gasteiger partial charge in [-0.25, -0.2) is 0 Å². The van der Waals surface area contributed by atoms with Gasteiger partial charge in [-0.15, -0.1) is 0 Å². The lowest BCUT2D eigenvalue weighted by molar-refractivity contribution is 0.149. The van der Waals surface area contributed by atoms with Gasteiger partial charge in [-0.1, -0.05) is 32.9 Å². The molecule has 21 heavy (non-hydrogen) atoms. The summed E-state index contributed by atoms with van der Waals surface area (Å²) < 4.78 is 0. The molecule has 0 aliphatic heterocycles. The molecule has 0 radical (unpaired) electrons. The van der Waals surface area contributed by atoms with Crippen LogP contribution in [0.2, 0.25) is 0 Å². The van der Waals surface area contributed by atoms with E-state index >= 15 is 0 Å². The number of aromatic hydroxyl groups is 1. The monoisotopic (exact) mass is 289 g/mol. The number of hydrogen-bond acceptors (Lipinski definition) is 2. The van der Waals surface area contributed by atoms with Crippen molar-refractivity contribution >= 4 is 0 Å². The molecule has 0 amide bonds. The largest absolute Gasteiger partial charge is 0.508 e. The van der Waals surface area contributed by atoms with Crippen LogP contribution in [-0.2, 0) is 6.42 Å². The van der Waals surface area contributed by atoms with Crippen molar-refractivity contribution in [2.45, 2.75) is 52.9 Å². The fourth-order valence-electron chi connectivity index (χ4n) is 3.43. The second-order valence-corrected chi connectivity index (χ2v) is 7.70. The molecule has 2 heteroatoms. The van der Waals surface area contributed by atoms with Gasteiger partial charge in [0.2, 0.25) is 0 Å². The van der Waals surface area contributed by atoms with Crippen molar-refractivity contribution in [3.8, 4) is 5.75 Å². The van der Waals surface area contributed by atoms with E-state index in [-0.39, 0.29) is 0 Å². The molecule has 0 atom stereocenters. The Hall–Kier alpha value is -1.02. The second kappa shape index (κ2) is 7.31. The van der Waals surface area contributed by atoms with Crippen LogP contribution in [-0.4, -0.2) is 18.2 Å². The summed E-state index contributed by atoms with van der Waals surface area (Å²) in [5.74, 6) is 2.12. The van der Waals surface area contributed by atoms with Gasteiger partial charge in [-0.3, -0.25) is 0 Å². The lowest BCUT2D eigenvalue weighted by atomic mass is 9.70. The summed E-state index contributed by atoms with van der Waals surface area (Å²) >= 11 is 0. The van der Waals surface area contributed by atoms with Crippen LogP contribution < -0.4 is 5.32 Å². The van der Waals surface area contributed by atoms with E-state index in [0.717, 1.165) is 31.3 Å². The van der Waals surface area contributed by atoms with Crippen molar-refractivity contribution in [2.75, 3.05) is 13.1 Å². The average molecular weight is 289 g/mol.